The van der Waals surface area contributed by atoms with Crippen molar-refractivity contribution in [1.82, 2.24) is 25.0 Å². The smallest absolute Gasteiger partial charge is 0.331 e. The molecule has 1 aliphatic carbocycles. The minimum Gasteiger partial charge on any atom is -0.438 e. The fourth-order valence-electron chi connectivity index (χ4n) is 4.30. The largest absolute Gasteiger partial charge is 0.438 e. The minimum atomic E-state index is -0.295. The third-order valence-corrected chi connectivity index (χ3v) is 6.70. The van der Waals surface area contributed by atoms with Crippen molar-refractivity contribution in [2.45, 2.75) is 45.1 Å². The number of rotatable bonds is 4. The Morgan fingerprint density at radius 3 is 3.00 bits per heavy atom. The summed E-state index contributed by atoms with van der Waals surface area (Å²) in [6.45, 7) is 5.71. The van der Waals surface area contributed by atoms with Crippen LogP contribution in [0.5, 0.6) is 11.6 Å². The first kappa shape index (κ1) is 19.9. The maximum Gasteiger partial charge on any atom is 0.331 e. The molecule has 2 aliphatic rings. The van der Waals surface area contributed by atoms with Crippen molar-refractivity contribution in [1.29, 1.82) is 0 Å². The molecule has 1 fully saturated rings. The Hall–Kier alpha value is -3.72. The van der Waals surface area contributed by atoms with Crippen molar-refractivity contribution in [2.24, 2.45) is 0 Å². The van der Waals surface area contributed by atoms with Crippen LogP contribution in [0.3, 0.4) is 0 Å². The van der Waals surface area contributed by atoms with E-state index in [9.17, 15) is 4.79 Å². The number of hydrogen-bond acceptors (Lipinski definition) is 7. The zero-order chi connectivity index (χ0) is 22.6. The van der Waals surface area contributed by atoms with E-state index in [2.05, 4.69) is 32.7 Å². The van der Waals surface area contributed by atoms with Crippen LogP contribution in [0, 0.1) is 6.92 Å². The van der Waals surface area contributed by atoms with Gasteiger partial charge in [-0.25, -0.2) is 14.8 Å². The van der Waals surface area contributed by atoms with Crippen LogP contribution in [0.4, 0.5) is 10.6 Å². The van der Waals surface area contributed by atoms with Gasteiger partial charge < -0.3 is 14.6 Å². The van der Waals surface area contributed by atoms with Gasteiger partial charge in [-0.1, -0.05) is 12.1 Å². The number of amides is 1. The van der Waals surface area contributed by atoms with Gasteiger partial charge in [0.2, 0.25) is 5.88 Å². The maximum absolute atomic E-state index is 12.9. The molecule has 3 aromatic heterocycles. The first-order valence-electron chi connectivity index (χ1n) is 11.1. The molecule has 0 unspecified atom stereocenters. The number of anilines is 1. The molecule has 0 bridgehead atoms. The lowest BCUT2D eigenvalue weighted by molar-refractivity contribution is 0.254. The van der Waals surface area contributed by atoms with Crippen molar-refractivity contribution in [3.05, 3.63) is 59.4 Å². The zero-order valence-corrected chi connectivity index (χ0v) is 18.5. The van der Waals surface area contributed by atoms with Crippen LogP contribution in [0.2, 0.25) is 0 Å². The highest BCUT2D eigenvalue weighted by Gasteiger charge is 2.43. The van der Waals surface area contributed by atoms with E-state index in [1.165, 1.54) is 6.33 Å². The summed E-state index contributed by atoms with van der Waals surface area (Å²) >= 11 is 0. The lowest BCUT2D eigenvalue weighted by atomic mass is 10.1. The van der Waals surface area contributed by atoms with E-state index in [0.29, 0.717) is 17.4 Å². The molecule has 2 N–H and O–H groups in total. The van der Waals surface area contributed by atoms with Gasteiger partial charge in [-0.2, -0.15) is 0 Å². The predicted molar refractivity (Wildman–Crippen MR) is 122 cm³/mol. The molecule has 6 rings (SSSR count). The predicted octanol–water partition coefficient (Wildman–Crippen LogP) is 4.30. The lowest BCUT2D eigenvalue weighted by Crippen LogP contribution is -2.25. The number of carbonyl (C=O) groups is 1. The van der Waals surface area contributed by atoms with Gasteiger partial charge in [-0.3, -0.25) is 9.88 Å². The minimum absolute atomic E-state index is 0.0586. The molecular weight excluding hydrogens is 420 g/mol. The fourth-order valence-corrected chi connectivity index (χ4v) is 4.30. The number of aryl methyl sites for hydroxylation is 1. The molecule has 1 saturated carbocycles. The summed E-state index contributed by atoms with van der Waals surface area (Å²) in [5.41, 5.74) is 3.79. The normalized spacial score (nSPS) is 16.4. The number of nitrogens with zero attached hydrogens (tertiary/aromatic N) is 4. The molecule has 168 valence electrons. The topological polar surface area (TPSA) is 107 Å². The van der Waals surface area contributed by atoms with Crippen LogP contribution < -0.4 is 15.4 Å². The molecule has 1 aliphatic heterocycles. The van der Waals surface area contributed by atoms with Crippen LogP contribution in [0.25, 0.3) is 10.9 Å². The average Bonchev–Trinajstić information content (AvgIpc) is 3.22. The van der Waals surface area contributed by atoms with Gasteiger partial charge in [0, 0.05) is 40.7 Å². The van der Waals surface area contributed by atoms with Gasteiger partial charge in [0.05, 0.1) is 11.2 Å². The van der Waals surface area contributed by atoms with Crippen molar-refractivity contribution < 1.29 is 14.1 Å². The van der Waals surface area contributed by atoms with E-state index in [-0.39, 0.29) is 11.4 Å². The van der Waals surface area contributed by atoms with Crippen molar-refractivity contribution in [2.75, 3.05) is 11.9 Å². The van der Waals surface area contributed by atoms with E-state index in [0.717, 1.165) is 65.8 Å². The molecule has 1 aromatic carbocycles. The molecule has 0 radical (unpaired) electrons. The summed E-state index contributed by atoms with van der Waals surface area (Å²) in [7, 11) is 0. The second kappa shape index (κ2) is 7.41. The highest BCUT2D eigenvalue weighted by atomic mass is 16.5. The second-order valence-electron chi connectivity index (χ2n) is 9.01. The molecule has 4 aromatic rings. The zero-order valence-electron chi connectivity index (χ0n) is 18.5. The fraction of sp³-hybridized carbons (Fsp3) is 0.333. The van der Waals surface area contributed by atoms with E-state index in [1.54, 1.807) is 10.8 Å². The average molecular weight is 444 g/mol. The molecule has 0 spiro atoms. The Balaban J connectivity index is 1.26. The van der Waals surface area contributed by atoms with Crippen molar-refractivity contribution >= 4 is 22.8 Å². The van der Waals surface area contributed by atoms with Crippen LogP contribution in [-0.2, 0) is 18.4 Å². The van der Waals surface area contributed by atoms with E-state index in [1.807, 2.05) is 31.2 Å². The van der Waals surface area contributed by atoms with E-state index in [4.69, 9.17) is 9.26 Å². The number of aromatic nitrogens is 4. The number of nitrogens with one attached hydrogen (secondary N) is 2. The van der Waals surface area contributed by atoms with Gasteiger partial charge >= 0.3 is 6.03 Å². The molecule has 9 heteroatoms. The Morgan fingerprint density at radius 1 is 1.27 bits per heavy atom. The van der Waals surface area contributed by atoms with Crippen LogP contribution >= 0.6 is 0 Å². The summed E-state index contributed by atoms with van der Waals surface area (Å²) in [4.78, 5) is 21.6. The van der Waals surface area contributed by atoms with Gasteiger partial charge in [0.15, 0.2) is 5.82 Å². The molecule has 0 atom stereocenters. The third-order valence-electron chi connectivity index (χ3n) is 6.70. The number of ether oxygens (including phenoxy) is 1. The summed E-state index contributed by atoms with van der Waals surface area (Å²) in [5.74, 6) is 2.53. The Labute approximate surface area is 190 Å². The first-order valence-corrected chi connectivity index (χ1v) is 11.1. The second-order valence-corrected chi connectivity index (χ2v) is 9.01. The summed E-state index contributed by atoms with van der Waals surface area (Å²) in [5, 5.41) is 11.1. The van der Waals surface area contributed by atoms with E-state index >= 15 is 0 Å². The number of hydrogen-bond donors (Lipinski definition) is 2. The summed E-state index contributed by atoms with van der Waals surface area (Å²) < 4.78 is 13.2. The van der Waals surface area contributed by atoms with Crippen LogP contribution in [0.1, 0.15) is 42.3 Å². The third kappa shape index (κ3) is 3.45. The van der Waals surface area contributed by atoms with Gasteiger partial charge in [-0.05, 0) is 50.9 Å². The molecule has 0 saturated heterocycles. The number of fused-ring (bicyclic) bond motifs is 2. The van der Waals surface area contributed by atoms with Gasteiger partial charge in [0.1, 0.15) is 17.8 Å². The quantitative estimate of drug-likeness (QED) is 0.483. The molecule has 1 amide bonds. The van der Waals surface area contributed by atoms with Crippen LogP contribution in [-0.4, -0.2) is 32.3 Å². The highest BCUT2D eigenvalue weighted by Crippen LogP contribution is 2.48. The monoisotopic (exact) mass is 444 g/mol. The Kier molecular flexibility index (Phi) is 4.48. The van der Waals surface area contributed by atoms with Gasteiger partial charge in [0.25, 0.3) is 0 Å². The SMILES string of the molecule is Cc1c(Oc2ncnc3c2CCNC3)ccc2c1ccn2C(=O)Nc1cc(C2(C)CC2)on1. The van der Waals surface area contributed by atoms with Gasteiger partial charge in [-0.15, -0.1) is 0 Å². The maximum atomic E-state index is 12.9. The summed E-state index contributed by atoms with van der Waals surface area (Å²) in [6.07, 6.45) is 6.27. The van der Waals surface area contributed by atoms with Crippen molar-refractivity contribution in [3.63, 3.8) is 0 Å². The number of benzene rings is 1. The Morgan fingerprint density at radius 2 is 2.15 bits per heavy atom. The Bertz CT molecular complexity index is 1380. The summed E-state index contributed by atoms with van der Waals surface area (Å²) in [6, 6.07) is 7.18. The molecule has 4 heterocycles. The highest BCUT2D eigenvalue weighted by molar-refractivity contribution is 5.99. The standard InChI is InChI=1S/C24H24N6O3/c1-14-15-6-10-30(23(31)28-21-11-20(33-29-21)24(2)7-8-24)18(15)3-4-19(14)32-22-16-5-9-25-12-17(16)26-13-27-22/h3-4,6,10-11,13,25H,5,7-9,12H2,1-2H3,(H,28,29,31). The lowest BCUT2D eigenvalue weighted by Gasteiger charge is -2.19. The van der Waals surface area contributed by atoms with E-state index < -0.39 is 0 Å². The van der Waals surface area contributed by atoms with Crippen molar-refractivity contribution in [3.8, 4) is 11.6 Å². The number of carbonyl (C=O) groups excluding carboxylic acids is 1. The first-order chi connectivity index (χ1) is 16.0. The molecule has 33 heavy (non-hydrogen) atoms. The van der Waals surface area contributed by atoms with Crippen LogP contribution in [0.15, 0.2) is 41.3 Å². The molecular formula is C24H24N6O3. The molecule has 9 nitrogen and oxygen atoms in total.